The van der Waals surface area contributed by atoms with Crippen LogP contribution in [0, 0.1) is 0 Å². The number of urea groups is 1. The molecule has 2 heterocycles. The van der Waals surface area contributed by atoms with Gasteiger partial charge in [-0.05, 0) is 37.2 Å². The number of rotatable bonds is 5. The van der Waals surface area contributed by atoms with Crippen molar-refractivity contribution in [2.45, 2.75) is 12.5 Å². The summed E-state index contributed by atoms with van der Waals surface area (Å²) in [5.74, 6) is 1.18. The third-order valence-corrected chi connectivity index (χ3v) is 3.91. The van der Waals surface area contributed by atoms with Crippen molar-refractivity contribution in [2.24, 2.45) is 5.73 Å². The number of halogens is 2. The van der Waals surface area contributed by atoms with Crippen LogP contribution in [-0.4, -0.2) is 48.3 Å². The Morgan fingerprint density at radius 3 is 2.85 bits per heavy atom. The Bertz CT molecular complexity index is 704. The van der Waals surface area contributed by atoms with Gasteiger partial charge in [-0.2, -0.15) is 0 Å². The van der Waals surface area contributed by atoms with E-state index in [0.717, 1.165) is 6.42 Å². The number of pyridine rings is 1. The second kappa shape index (κ2) is 11.6. The maximum absolute atomic E-state index is 12.6. The molecule has 0 radical (unpaired) electrons. The van der Waals surface area contributed by atoms with Crippen LogP contribution in [0.5, 0.6) is 11.5 Å². The summed E-state index contributed by atoms with van der Waals surface area (Å²) >= 11 is 0. The third kappa shape index (κ3) is 6.55. The van der Waals surface area contributed by atoms with Gasteiger partial charge in [-0.15, -0.1) is 24.8 Å². The van der Waals surface area contributed by atoms with Gasteiger partial charge in [0.25, 0.3) is 0 Å². The summed E-state index contributed by atoms with van der Waals surface area (Å²) in [7, 11) is 0. The average molecular weight is 415 g/mol. The molecule has 2 aromatic rings. The van der Waals surface area contributed by atoms with Crippen LogP contribution >= 0.6 is 24.8 Å². The Balaban J connectivity index is 0.00000182. The summed E-state index contributed by atoms with van der Waals surface area (Å²) in [6.07, 6.45) is 4.03. The second-order valence-electron chi connectivity index (χ2n) is 5.73. The van der Waals surface area contributed by atoms with Crippen LogP contribution < -0.4 is 15.8 Å². The fourth-order valence-electron chi connectivity index (χ4n) is 2.65. The molecule has 1 aromatic carbocycles. The van der Waals surface area contributed by atoms with E-state index in [-0.39, 0.29) is 36.9 Å². The van der Waals surface area contributed by atoms with Crippen molar-refractivity contribution in [3.05, 3.63) is 48.8 Å². The highest BCUT2D eigenvalue weighted by Crippen LogP contribution is 2.29. The Labute approximate surface area is 171 Å². The normalized spacial score (nSPS) is 15.9. The van der Waals surface area contributed by atoms with Crippen molar-refractivity contribution in [2.75, 3.05) is 31.6 Å². The van der Waals surface area contributed by atoms with Gasteiger partial charge in [-0.25, -0.2) is 4.79 Å². The standard InChI is InChI=1S/C18H22N4O3.2ClH/c19-8-7-15-13-22(10-11-24-15)18(23)21-16-5-1-2-6-17(16)25-14-4-3-9-20-12-14;;/h1-6,9,12,15H,7-8,10-11,13,19H2,(H,21,23);2*1H. The smallest absolute Gasteiger partial charge is 0.322 e. The number of para-hydroxylation sites is 2. The van der Waals surface area contributed by atoms with Gasteiger partial charge in [0.1, 0.15) is 5.75 Å². The van der Waals surface area contributed by atoms with E-state index in [9.17, 15) is 4.79 Å². The molecule has 1 fully saturated rings. The zero-order chi connectivity index (χ0) is 17.5. The molecule has 9 heteroatoms. The largest absolute Gasteiger partial charge is 0.454 e. The summed E-state index contributed by atoms with van der Waals surface area (Å²) in [4.78, 5) is 18.3. The Hall–Kier alpha value is -2.06. The molecule has 0 aliphatic carbocycles. The molecule has 3 N–H and O–H groups in total. The lowest BCUT2D eigenvalue weighted by Crippen LogP contribution is -2.47. The molecule has 0 spiro atoms. The van der Waals surface area contributed by atoms with Gasteiger partial charge in [0.15, 0.2) is 5.75 Å². The van der Waals surface area contributed by atoms with Crippen LogP contribution in [-0.2, 0) is 4.74 Å². The lowest BCUT2D eigenvalue weighted by atomic mass is 10.2. The number of carbonyl (C=O) groups excluding carboxylic acids is 1. The average Bonchev–Trinajstić information content (AvgIpc) is 2.65. The zero-order valence-electron chi connectivity index (χ0n) is 14.7. The van der Waals surface area contributed by atoms with Crippen molar-refractivity contribution in [1.82, 2.24) is 9.88 Å². The maximum atomic E-state index is 12.6. The number of amides is 2. The van der Waals surface area contributed by atoms with Crippen LogP contribution in [0.3, 0.4) is 0 Å². The molecule has 0 saturated carbocycles. The molecule has 1 aromatic heterocycles. The van der Waals surface area contributed by atoms with Crippen LogP contribution in [0.25, 0.3) is 0 Å². The predicted octanol–water partition coefficient (Wildman–Crippen LogP) is 3.30. The maximum Gasteiger partial charge on any atom is 0.322 e. The zero-order valence-corrected chi connectivity index (χ0v) is 16.4. The summed E-state index contributed by atoms with van der Waals surface area (Å²) in [6.45, 7) is 2.15. The molecule has 1 atom stereocenters. The van der Waals surface area contributed by atoms with Crippen LogP contribution in [0.1, 0.15) is 6.42 Å². The molecule has 0 bridgehead atoms. The summed E-state index contributed by atoms with van der Waals surface area (Å²) in [6, 6.07) is 10.7. The van der Waals surface area contributed by atoms with Crippen molar-refractivity contribution in [1.29, 1.82) is 0 Å². The number of hydrogen-bond donors (Lipinski definition) is 2. The molecule has 27 heavy (non-hydrogen) atoms. The minimum Gasteiger partial charge on any atom is -0.454 e. The van der Waals surface area contributed by atoms with E-state index in [1.807, 2.05) is 18.2 Å². The monoisotopic (exact) mass is 414 g/mol. The first kappa shape index (κ1) is 23.0. The second-order valence-corrected chi connectivity index (χ2v) is 5.73. The van der Waals surface area contributed by atoms with Gasteiger partial charge in [0, 0.05) is 19.3 Å². The van der Waals surface area contributed by atoms with Gasteiger partial charge in [-0.1, -0.05) is 12.1 Å². The lowest BCUT2D eigenvalue weighted by molar-refractivity contribution is -0.0146. The topological polar surface area (TPSA) is 89.7 Å². The number of anilines is 1. The van der Waals surface area contributed by atoms with E-state index in [2.05, 4.69) is 10.3 Å². The van der Waals surface area contributed by atoms with E-state index in [1.165, 1.54) is 0 Å². The fourth-order valence-corrected chi connectivity index (χ4v) is 2.65. The highest BCUT2D eigenvalue weighted by Gasteiger charge is 2.24. The van der Waals surface area contributed by atoms with E-state index < -0.39 is 0 Å². The molecule has 1 unspecified atom stereocenters. The van der Waals surface area contributed by atoms with Crippen LogP contribution in [0.15, 0.2) is 48.8 Å². The first-order valence-corrected chi connectivity index (χ1v) is 8.31. The molecule has 7 nitrogen and oxygen atoms in total. The molecule has 1 aliphatic rings. The Morgan fingerprint density at radius 2 is 2.11 bits per heavy atom. The van der Waals surface area contributed by atoms with Crippen LogP contribution in [0.4, 0.5) is 10.5 Å². The number of ether oxygens (including phenoxy) is 2. The summed E-state index contributed by atoms with van der Waals surface area (Å²) in [5, 5.41) is 2.92. The number of morpholine rings is 1. The summed E-state index contributed by atoms with van der Waals surface area (Å²) in [5.41, 5.74) is 6.19. The molecule has 2 amide bonds. The third-order valence-electron chi connectivity index (χ3n) is 3.91. The SMILES string of the molecule is Cl.Cl.NCCC1CN(C(=O)Nc2ccccc2Oc2cccnc2)CCO1. The minimum absolute atomic E-state index is 0. The van der Waals surface area contributed by atoms with Gasteiger partial charge in [0.2, 0.25) is 0 Å². The molecule has 3 rings (SSSR count). The first-order chi connectivity index (χ1) is 12.3. The van der Waals surface area contributed by atoms with Gasteiger partial charge in [-0.3, -0.25) is 4.98 Å². The number of hydrogen-bond acceptors (Lipinski definition) is 5. The molecule has 1 aliphatic heterocycles. The van der Waals surface area contributed by atoms with Crippen molar-refractivity contribution in [3.8, 4) is 11.5 Å². The molecule has 148 valence electrons. The van der Waals surface area contributed by atoms with Gasteiger partial charge < -0.3 is 25.4 Å². The van der Waals surface area contributed by atoms with Crippen molar-refractivity contribution in [3.63, 3.8) is 0 Å². The first-order valence-electron chi connectivity index (χ1n) is 8.31. The van der Waals surface area contributed by atoms with Gasteiger partial charge >= 0.3 is 6.03 Å². The number of nitrogens with two attached hydrogens (primary N) is 1. The lowest BCUT2D eigenvalue weighted by Gasteiger charge is -2.33. The highest BCUT2D eigenvalue weighted by molar-refractivity contribution is 5.91. The van der Waals surface area contributed by atoms with E-state index in [0.29, 0.717) is 43.4 Å². The van der Waals surface area contributed by atoms with E-state index in [1.54, 1.807) is 35.5 Å². The fraction of sp³-hybridized carbons (Fsp3) is 0.333. The van der Waals surface area contributed by atoms with Gasteiger partial charge in [0.05, 0.1) is 24.6 Å². The summed E-state index contributed by atoms with van der Waals surface area (Å²) < 4.78 is 11.4. The molecule has 1 saturated heterocycles. The predicted molar refractivity (Wildman–Crippen MR) is 109 cm³/mol. The number of aromatic nitrogens is 1. The van der Waals surface area contributed by atoms with Crippen LogP contribution in [0.2, 0.25) is 0 Å². The van der Waals surface area contributed by atoms with E-state index in [4.69, 9.17) is 15.2 Å². The number of nitrogens with one attached hydrogen (secondary N) is 1. The Kier molecular flexibility index (Phi) is 9.88. The highest BCUT2D eigenvalue weighted by atomic mass is 35.5. The number of carbonyl (C=O) groups is 1. The Morgan fingerprint density at radius 1 is 1.30 bits per heavy atom. The molecular weight excluding hydrogens is 391 g/mol. The van der Waals surface area contributed by atoms with E-state index >= 15 is 0 Å². The number of benzene rings is 1. The minimum atomic E-state index is -0.174. The molecular formula is C18H24Cl2N4O3. The van der Waals surface area contributed by atoms with Crippen molar-refractivity contribution >= 4 is 36.5 Å². The quantitative estimate of drug-likeness (QED) is 0.782. The number of nitrogens with zero attached hydrogens (tertiary/aromatic N) is 2. The van der Waals surface area contributed by atoms with Crippen molar-refractivity contribution < 1.29 is 14.3 Å².